The van der Waals surface area contributed by atoms with Crippen LogP contribution < -0.4 is 5.32 Å². The van der Waals surface area contributed by atoms with Crippen molar-refractivity contribution in [2.24, 2.45) is 0 Å². The molecular weight excluding hydrogens is 226 g/mol. The average molecular weight is 245 g/mol. The van der Waals surface area contributed by atoms with Crippen LogP contribution in [0.15, 0.2) is 28.7 Å². The third-order valence-electron chi connectivity index (χ3n) is 3.62. The zero-order valence-corrected chi connectivity index (χ0v) is 10.7. The van der Waals surface area contributed by atoms with Crippen LogP contribution in [-0.4, -0.2) is 35.6 Å². The van der Waals surface area contributed by atoms with E-state index in [-0.39, 0.29) is 0 Å². The zero-order valence-electron chi connectivity index (χ0n) is 10.7. The van der Waals surface area contributed by atoms with Crippen molar-refractivity contribution in [3.05, 3.63) is 30.2 Å². The Balaban J connectivity index is 1.78. The highest BCUT2D eigenvalue weighted by Gasteiger charge is 2.22. The van der Waals surface area contributed by atoms with Crippen LogP contribution in [0.1, 0.15) is 19.2 Å². The van der Waals surface area contributed by atoms with Crippen LogP contribution >= 0.6 is 0 Å². The molecule has 1 fully saturated rings. The minimum absolute atomic E-state index is 0.591. The van der Waals surface area contributed by atoms with E-state index in [1.165, 1.54) is 0 Å². The second-order valence-corrected chi connectivity index (χ2v) is 4.81. The number of piperazine rings is 1. The molecule has 2 aromatic rings. The number of rotatable bonds is 3. The van der Waals surface area contributed by atoms with E-state index in [1.54, 1.807) is 0 Å². The van der Waals surface area contributed by atoms with Crippen LogP contribution in [0.3, 0.4) is 0 Å². The number of hydrogen-bond donors (Lipinski definition) is 1. The number of benzene rings is 1. The van der Waals surface area contributed by atoms with Crippen molar-refractivity contribution in [2.45, 2.75) is 25.9 Å². The maximum Gasteiger partial charge on any atom is 0.209 e. The summed E-state index contributed by atoms with van der Waals surface area (Å²) in [5.41, 5.74) is 1.84. The summed E-state index contributed by atoms with van der Waals surface area (Å²) < 4.78 is 5.79. The van der Waals surface area contributed by atoms with E-state index in [1.807, 2.05) is 24.3 Å². The first-order valence-corrected chi connectivity index (χ1v) is 6.66. The summed E-state index contributed by atoms with van der Waals surface area (Å²) in [6, 6.07) is 8.54. The van der Waals surface area contributed by atoms with Gasteiger partial charge in [-0.05, 0) is 18.6 Å². The molecule has 1 saturated heterocycles. The Morgan fingerprint density at radius 3 is 3.17 bits per heavy atom. The monoisotopic (exact) mass is 245 g/mol. The fourth-order valence-electron chi connectivity index (χ4n) is 2.57. The molecule has 0 aliphatic carbocycles. The highest BCUT2D eigenvalue weighted by Crippen LogP contribution is 2.18. The van der Waals surface area contributed by atoms with E-state index in [4.69, 9.17) is 4.42 Å². The van der Waals surface area contributed by atoms with Gasteiger partial charge >= 0.3 is 0 Å². The number of oxazole rings is 1. The zero-order chi connectivity index (χ0) is 12.4. The molecule has 1 aliphatic heterocycles. The van der Waals surface area contributed by atoms with E-state index >= 15 is 0 Å². The molecule has 0 amide bonds. The van der Waals surface area contributed by atoms with Gasteiger partial charge < -0.3 is 9.73 Å². The highest BCUT2D eigenvalue weighted by atomic mass is 16.3. The molecule has 4 nitrogen and oxygen atoms in total. The Kier molecular flexibility index (Phi) is 3.30. The number of hydrogen-bond acceptors (Lipinski definition) is 4. The van der Waals surface area contributed by atoms with Crippen LogP contribution in [0, 0.1) is 0 Å². The maximum atomic E-state index is 5.79. The van der Waals surface area contributed by atoms with Crippen LogP contribution in [0.2, 0.25) is 0 Å². The molecule has 0 radical (unpaired) electrons. The lowest BCUT2D eigenvalue weighted by molar-refractivity contribution is 0.137. The normalized spacial score (nSPS) is 21.5. The predicted octanol–water partition coefficient (Wildman–Crippen LogP) is 2.01. The molecule has 0 bridgehead atoms. The van der Waals surface area contributed by atoms with Crippen molar-refractivity contribution in [3.8, 4) is 0 Å². The van der Waals surface area contributed by atoms with Gasteiger partial charge in [0, 0.05) is 25.7 Å². The molecular formula is C14H19N3O. The first kappa shape index (κ1) is 11.7. The van der Waals surface area contributed by atoms with E-state index in [2.05, 4.69) is 22.1 Å². The summed E-state index contributed by atoms with van der Waals surface area (Å²) in [5.74, 6) is 0.830. The molecule has 1 unspecified atom stereocenters. The van der Waals surface area contributed by atoms with Crippen molar-refractivity contribution in [3.63, 3.8) is 0 Å². The molecule has 1 aromatic carbocycles. The standard InChI is InChI=1S/C14H19N3O/c1-2-11-9-15-7-8-17(11)10-14-16-12-5-3-4-6-13(12)18-14/h3-6,11,15H,2,7-10H2,1H3. The van der Waals surface area contributed by atoms with E-state index in [9.17, 15) is 0 Å². The van der Waals surface area contributed by atoms with Gasteiger partial charge in [-0.1, -0.05) is 19.1 Å². The Labute approximate surface area is 107 Å². The third kappa shape index (κ3) is 2.26. The summed E-state index contributed by atoms with van der Waals surface area (Å²) in [4.78, 5) is 7.01. The summed E-state index contributed by atoms with van der Waals surface area (Å²) in [6.07, 6.45) is 1.16. The first-order chi connectivity index (χ1) is 8.86. The first-order valence-electron chi connectivity index (χ1n) is 6.66. The molecule has 2 heterocycles. The number of nitrogens with zero attached hydrogens (tertiary/aromatic N) is 2. The van der Waals surface area contributed by atoms with Crippen LogP contribution in [0.4, 0.5) is 0 Å². The smallest absolute Gasteiger partial charge is 0.209 e. The van der Waals surface area contributed by atoms with Crippen LogP contribution in [0.25, 0.3) is 11.1 Å². The van der Waals surface area contributed by atoms with Gasteiger partial charge in [-0.15, -0.1) is 0 Å². The topological polar surface area (TPSA) is 41.3 Å². The second-order valence-electron chi connectivity index (χ2n) is 4.81. The molecule has 18 heavy (non-hydrogen) atoms. The fraction of sp³-hybridized carbons (Fsp3) is 0.500. The lowest BCUT2D eigenvalue weighted by Crippen LogP contribution is -2.50. The second kappa shape index (κ2) is 5.08. The molecule has 1 aromatic heterocycles. The van der Waals surface area contributed by atoms with Gasteiger partial charge in [0.2, 0.25) is 5.89 Å². The molecule has 1 N–H and O–H groups in total. The Morgan fingerprint density at radius 1 is 1.44 bits per heavy atom. The van der Waals surface area contributed by atoms with Crippen molar-refractivity contribution in [1.82, 2.24) is 15.2 Å². The van der Waals surface area contributed by atoms with Crippen LogP contribution in [-0.2, 0) is 6.54 Å². The maximum absolute atomic E-state index is 5.79. The van der Waals surface area contributed by atoms with Crippen LogP contribution in [0.5, 0.6) is 0 Å². The van der Waals surface area contributed by atoms with E-state index in [0.29, 0.717) is 6.04 Å². The predicted molar refractivity (Wildman–Crippen MR) is 71.4 cm³/mol. The Bertz CT molecular complexity index is 489. The summed E-state index contributed by atoms with van der Waals surface area (Å²) >= 11 is 0. The Morgan fingerprint density at radius 2 is 2.33 bits per heavy atom. The molecule has 0 spiro atoms. The van der Waals surface area contributed by atoms with Gasteiger partial charge in [0.1, 0.15) is 5.52 Å². The molecule has 96 valence electrons. The fourth-order valence-corrected chi connectivity index (χ4v) is 2.57. The summed E-state index contributed by atoms with van der Waals surface area (Å²) in [7, 11) is 0. The minimum atomic E-state index is 0.591. The summed E-state index contributed by atoms with van der Waals surface area (Å²) in [5, 5.41) is 3.44. The average Bonchev–Trinajstić information content (AvgIpc) is 2.81. The lowest BCUT2D eigenvalue weighted by atomic mass is 10.1. The summed E-state index contributed by atoms with van der Waals surface area (Å²) in [6.45, 7) is 6.23. The largest absolute Gasteiger partial charge is 0.439 e. The number of nitrogens with one attached hydrogen (secondary N) is 1. The van der Waals surface area contributed by atoms with Crippen molar-refractivity contribution in [2.75, 3.05) is 19.6 Å². The van der Waals surface area contributed by atoms with Gasteiger partial charge in [-0.3, -0.25) is 4.90 Å². The van der Waals surface area contributed by atoms with Crippen molar-refractivity contribution < 1.29 is 4.42 Å². The van der Waals surface area contributed by atoms with E-state index in [0.717, 1.165) is 49.6 Å². The molecule has 3 rings (SSSR count). The SMILES string of the molecule is CCC1CNCCN1Cc1nc2ccccc2o1. The van der Waals surface area contributed by atoms with Gasteiger partial charge in [-0.25, -0.2) is 4.98 Å². The number of fused-ring (bicyclic) bond motifs is 1. The number of aromatic nitrogens is 1. The van der Waals surface area contributed by atoms with Gasteiger partial charge in [-0.2, -0.15) is 0 Å². The lowest BCUT2D eigenvalue weighted by Gasteiger charge is -2.34. The molecule has 4 heteroatoms. The van der Waals surface area contributed by atoms with Crippen molar-refractivity contribution in [1.29, 1.82) is 0 Å². The Hall–Kier alpha value is -1.39. The minimum Gasteiger partial charge on any atom is -0.439 e. The number of para-hydroxylation sites is 2. The molecule has 1 atom stereocenters. The molecule has 1 aliphatic rings. The van der Waals surface area contributed by atoms with E-state index < -0.39 is 0 Å². The van der Waals surface area contributed by atoms with Gasteiger partial charge in [0.15, 0.2) is 5.58 Å². The third-order valence-corrected chi connectivity index (χ3v) is 3.62. The molecule has 0 saturated carbocycles. The highest BCUT2D eigenvalue weighted by molar-refractivity contribution is 5.72. The van der Waals surface area contributed by atoms with Crippen molar-refractivity contribution >= 4 is 11.1 Å². The van der Waals surface area contributed by atoms with Gasteiger partial charge in [0.25, 0.3) is 0 Å². The van der Waals surface area contributed by atoms with Gasteiger partial charge in [0.05, 0.1) is 6.54 Å². The quantitative estimate of drug-likeness (QED) is 0.898.